The van der Waals surface area contributed by atoms with Gasteiger partial charge in [-0.15, -0.1) is 0 Å². The summed E-state index contributed by atoms with van der Waals surface area (Å²) in [5.41, 5.74) is 5.03. The van der Waals surface area contributed by atoms with E-state index in [9.17, 15) is 14.0 Å². The van der Waals surface area contributed by atoms with E-state index in [2.05, 4.69) is 9.88 Å². The third kappa shape index (κ3) is 3.89. The Morgan fingerprint density at radius 1 is 1.20 bits per heavy atom. The van der Waals surface area contributed by atoms with Crippen LogP contribution < -0.4 is 5.32 Å². The van der Waals surface area contributed by atoms with Gasteiger partial charge in [0.15, 0.2) is 5.78 Å². The number of benzene rings is 2. The third-order valence-corrected chi connectivity index (χ3v) is 5.97. The van der Waals surface area contributed by atoms with Gasteiger partial charge in [0.2, 0.25) is 5.91 Å². The van der Waals surface area contributed by atoms with Gasteiger partial charge in [-0.25, -0.2) is 4.39 Å². The van der Waals surface area contributed by atoms with Crippen molar-refractivity contribution in [1.82, 2.24) is 9.88 Å². The summed E-state index contributed by atoms with van der Waals surface area (Å²) in [5.74, 6) is -0.196. The summed E-state index contributed by atoms with van der Waals surface area (Å²) in [6.45, 7) is 5.94. The zero-order valence-electron chi connectivity index (χ0n) is 17.7. The molecule has 1 heterocycles. The van der Waals surface area contributed by atoms with Gasteiger partial charge in [0, 0.05) is 40.7 Å². The lowest BCUT2D eigenvalue weighted by Gasteiger charge is -2.26. The van der Waals surface area contributed by atoms with E-state index in [0.29, 0.717) is 12.1 Å². The summed E-state index contributed by atoms with van der Waals surface area (Å²) in [6.07, 6.45) is 2.43. The van der Waals surface area contributed by atoms with Crippen LogP contribution in [-0.2, 0) is 24.2 Å². The Morgan fingerprint density at radius 3 is 2.70 bits per heavy atom. The SMILES string of the molecule is CC(=O)c1ccc2c(c1)c1c(n2Cc2cccc(F)c2)CC[C@@H](NC(=O)C(C)C)C1. The molecule has 0 spiro atoms. The quantitative estimate of drug-likeness (QED) is 0.627. The van der Waals surface area contributed by atoms with Crippen molar-refractivity contribution < 1.29 is 14.0 Å². The molecule has 0 bridgehead atoms. The number of ketones is 1. The molecular formula is C25H27FN2O2. The number of hydrogen-bond donors (Lipinski definition) is 1. The third-order valence-electron chi connectivity index (χ3n) is 5.97. The number of carbonyl (C=O) groups excluding carboxylic acids is 2. The smallest absolute Gasteiger partial charge is 0.222 e. The van der Waals surface area contributed by atoms with Crippen molar-refractivity contribution in [1.29, 1.82) is 0 Å². The molecule has 5 heteroatoms. The number of nitrogens with zero attached hydrogens (tertiary/aromatic N) is 1. The van der Waals surface area contributed by atoms with Crippen LogP contribution in [0.2, 0.25) is 0 Å². The summed E-state index contributed by atoms with van der Waals surface area (Å²) in [6, 6.07) is 12.6. The lowest BCUT2D eigenvalue weighted by molar-refractivity contribution is -0.124. The Bertz CT molecular complexity index is 1130. The lowest BCUT2D eigenvalue weighted by Crippen LogP contribution is -2.41. The maximum absolute atomic E-state index is 13.7. The van der Waals surface area contributed by atoms with Crippen LogP contribution in [0.1, 0.15) is 54.4 Å². The first-order chi connectivity index (χ1) is 14.3. The van der Waals surface area contributed by atoms with Crippen molar-refractivity contribution in [2.45, 2.75) is 52.6 Å². The van der Waals surface area contributed by atoms with Crippen LogP contribution in [0.3, 0.4) is 0 Å². The molecule has 1 aliphatic rings. The largest absolute Gasteiger partial charge is 0.353 e. The molecule has 4 rings (SSSR count). The number of aromatic nitrogens is 1. The highest BCUT2D eigenvalue weighted by atomic mass is 19.1. The monoisotopic (exact) mass is 406 g/mol. The average molecular weight is 407 g/mol. The summed E-state index contributed by atoms with van der Waals surface area (Å²) in [4.78, 5) is 24.2. The van der Waals surface area contributed by atoms with Gasteiger partial charge in [0.25, 0.3) is 0 Å². The molecule has 1 aliphatic carbocycles. The molecule has 0 saturated heterocycles. The van der Waals surface area contributed by atoms with E-state index in [0.717, 1.165) is 35.7 Å². The normalized spacial score (nSPS) is 16.0. The Balaban J connectivity index is 1.78. The zero-order chi connectivity index (χ0) is 21.4. The zero-order valence-corrected chi connectivity index (χ0v) is 17.7. The summed E-state index contributed by atoms with van der Waals surface area (Å²) >= 11 is 0. The molecule has 1 amide bonds. The number of amides is 1. The maximum atomic E-state index is 13.7. The van der Waals surface area contributed by atoms with Crippen LogP contribution in [0.15, 0.2) is 42.5 Å². The van der Waals surface area contributed by atoms with Crippen LogP contribution in [-0.4, -0.2) is 22.3 Å². The predicted octanol–water partition coefficient (Wildman–Crippen LogP) is 4.66. The highest BCUT2D eigenvalue weighted by molar-refractivity contribution is 5.99. The molecule has 0 radical (unpaired) electrons. The first-order valence-electron chi connectivity index (χ1n) is 10.5. The van der Waals surface area contributed by atoms with Crippen LogP contribution in [0, 0.1) is 11.7 Å². The van der Waals surface area contributed by atoms with Gasteiger partial charge in [-0.3, -0.25) is 9.59 Å². The van der Waals surface area contributed by atoms with Gasteiger partial charge in [0.05, 0.1) is 0 Å². The fourth-order valence-corrected chi connectivity index (χ4v) is 4.36. The number of halogens is 1. The number of fused-ring (bicyclic) bond motifs is 3. The minimum atomic E-state index is -0.242. The molecule has 156 valence electrons. The summed E-state index contributed by atoms with van der Waals surface area (Å²) in [5, 5.41) is 4.22. The Labute approximate surface area is 176 Å². The summed E-state index contributed by atoms with van der Waals surface area (Å²) < 4.78 is 16.0. The van der Waals surface area contributed by atoms with Crippen molar-refractivity contribution in [3.05, 3.63) is 70.7 Å². The van der Waals surface area contributed by atoms with Crippen molar-refractivity contribution in [3.63, 3.8) is 0 Å². The fourth-order valence-electron chi connectivity index (χ4n) is 4.36. The molecule has 2 aromatic carbocycles. The van der Waals surface area contributed by atoms with Crippen LogP contribution in [0.5, 0.6) is 0 Å². The number of carbonyl (C=O) groups is 2. The molecule has 4 nitrogen and oxygen atoms in total. The molecule has 3 aromatic rings. The van der Waals surface area contributed by atoms with E-state index in [1.807, 2.05) is 38.1 Å². The highest BCUT2D eigenvalue weighted by Gasteiger charge is 2.27. The van der Waals surface area contributed by atoms with E-state index in [1.165, 1.54) is 17.3 Å². The number of rotatable bonds is 5. The van der Waals surface area contributed by atoms with Gasteiger partial charge < -0.3 is 9.88 Å². The Hall–Kier alpha value is -2.95. The molecule has 1 atom stereocenters. The Kier molecular flexibility index (Phi) is 5.46. The molecule has 1 N–H and O–H groups in total. The van der Waals surface area contributed by atoms with E-state index in [4.69, 9.17) is 0 Å². The maximum Gasteiger partial charge on any atom is 0.222 e. The number of Topliss-reactive ketones (excluding diaryl/α,β-unsaturated/α-hetero) is 1. The lowest BCUT2D eigenvalue weighted by atomic mass is 9.90. The topological polar surface area (TPSA) is 51.1 Å². The molecule has 30 heavy (non-hydrogen) atoms. The first kappa shape index (κ1) is 20.3. The summed E-state index contributed by atoms with van der Waals surface area (Å²) in [7, 11) is 0. The van der Waals surface area contributed by atoms with Crippen molar-refractivity contribution in [2.24, 2.45) is 5.92 Å². The van der Waals surface area contributed by atoms with E-state index >= 15 is 0 Å². The van der Waals surface area contributed by atoms with E-state index in [1.54, 1.807) is 19.1 Å². The standard InChI is InChI=1S/C25H27FN2O2/c1-15(2)25(30)27-20-8-10-24-22(13-20)21-12-18(16(3)29)7-9-23(21)28(24)14-17-5-4-6-19(26)11-17/h4-7,9,11-12,15,20H,8,10,13-14H2,1-3H3,(H,27,30)/t20-/m1/s1. The van der Waals surface area contributed by atoms with E-state index < -0.39 is 0 Å². The average Bonchev–Trinajstić information content (AvgIpc) is 3.00. The van der Waals surface area contributed by atoms with Crippen LogP contribution >= 0.6 is 0 Å². The highest BCUT2D eigenvalue weighted by Crippen LogP contribution is 2.34. The molecule has 1 aromatic heterocycles. The molecule has 0 saturated carbocycles. The molecule has 0 unspecified atom stereocenters. The minimum Gasteiger partial charge on any atom is -0.353 e. The van der Waals surface area contributed by atoms with Gasteiger partial charge in [-0.05, 0) is 67.6 Å². The Morgan fingerprint density at radius 2 is 2.00 bits per heavy atom. The van der Waals surface area contributed by atoms with E-state index in [-0.39, 0.29) is 29.5 Å². The molecular weight excluding hydrogens is 379 g/mol. The van der Waals surface area contributed by atoms with Crippen LogP contribution in [0.4, 0.5) is 4.39 Å². The fraction of sp³-hybridized carbons (Fsp3) is 0.360. The van der Waals surface area contributed by atoms with Crippen molar-refractivity contribution in [3.8, 4) is 0 Å². The van der Waals surface area contributed by atoms with Gasteiger partial charge in [-0.2, -0.15) is 0 Å². The second-order valence-corrected chi connectivity index (χ2v) is 8.53. The van der Waals surface area contributed by atoms with Gasteiger partial charge in [0.1, 0.15) is 5.82 Å². The van der Waals surface area contributed by atoms with Gasteiger partial charge in [-0.1, -0.05) is 26.0 Å². The van der Waals surface area contributed by atoms with Crippen molar-refractivity contribution in [2.75, 3.05) is 0 Å². The second-order valence-electron chi connectivity index (χ2n) is 8.53. The van der Waals surface area contributed by atoms with Crippen LogP contribution in [0.25, 0.3) is 10.9 Å². The minimum absolute atomic E-state index is 0.0315. The molecule has 0 aliphatic heterocycles. The second kappa shape index (κ2) is 8.05. The van der Waals surface area contributed by atoms with Gasteiger partial charge >= 0.3 is 0 Å². The molecule has 0 fully saturated rings. The number of nitrogens with one attached hydrogen (secondary N) is 1. The predicted molar refractivity (Wildman–Crippen MR) is 116 cm³/mol. The first-order valence-corrected chi connectivity index (χ1v) is 10.5. The van der Waals surface area contributed by atoms with Crippen molar-refractivity contribution >= 4 is 22.6 Å². The number of hydrogen-bond acceptors (Lipinski definition) is 2.